The highest BCUT2D eigenvalue weighted by atomic mass is 32.1. The van der Waals surface area contributed by atoms with Gasteiger partial charge in [-0.15, -0.1) is 11.3 Å². The normalized spacial score (nSPS) is 10.5. The van der Waals surface area contributed by atoms with Crippen LogP contribution in [0, 0.1) is 17.0 Å². The number of hydrogen-bond donors (Lipinski definition) is 2. The Bertz CT molecular complexity index is 970. The molecule has 144 valence electrons. The van der Waals surface area contributed by atoms with Crippen LogP contribution in [0.2, 0.25) is 0 Å². The van der Waals surface area contributed by atoms with Crippen LogP contribution >= 0.6 is 11.3 Å². The summed E-state index contributed by atoms with van der Waals surface area (Å²) in [5.74, 6) is -0.230. The molecule has 0 radical (unpaired) electrons. The van der Waals surface area contributed by atoms with Gasteiger partial charge in [0.15, 0.2) is 0 Å². The number of aryl methyl sites for hydroxylation is 1. The summed E-state index contributed by atoms with van der Waals surface area (Å²) in [5, 5.41) is 19.5. The van der Waals surface area contributed by atoms with Gasteiger partial charge in [-0.1, -0.05) is 42.0 Å². The Morgan fingerprint density at radius 2 is 1.93 bits per heavy atom. The predicted molar refractivity (Wildman–Crippen MR) is 111 cm³/mol. The van der Waals surface area contributed by atoms with E-state index in [1.807, 2.05) is 24.4 Å². The van der Waals surface area contributed by atoms with Crippen molar-refractivity contribution in [3.63, 3.8) is 0 Å². The second-order valence-corrected chi connectivity index (χ2v) is 7.10. The van der Waals surface area contributed by atoms with Crippen molar-refractivity contribution in [3.8, 4) is 10.6 Å². The first-order valence-electron chi connectivity index (χ1n) is 8.78. The standard InChI is InChI=1S/C20H20N4O3S/c1-14-6-8-15(9-7-14)20-23-16(13-28-20)10-11-21-19(25)12-22-17-4-2-3-5-18(17)24(26)27/h2-9,13,22H,10-12H2,1H3,(H,21,25). The summed E-state index contributed by atoms with van der Waals surface area (Å²) in [6.45, 7) is 2.47. The van der Waals surface area contributed by atoms with Crippen LogP contribution in [-0.2, 0) is 11.2 Å². The number of nitro benzene ring substituents is 1. The van der Waals surface area contributed by atoms with Gasteiger partial charge in [0.25, 0.3) is 5.69 Å². The highest BCUT2D eigenvalue weighted by molar-refractivity contribution is 7.13. The van der Waals surface area contributed by atoms with Crippen LogP contribution in [0.1, 0.15) is 11.3 Å². The maximum atomic E-state index is 12.0. The number of aromatic nitrogens is 1. The first-order valence-corrected chi connectivity index (χ1v) is 9.66. The van der Waals surface area contributed by atoms with Crippen LogP contribution in [0.15, 0.2) is 53.9 Å². The quantitative estimate of drug-likeness (QED) is 0.446. The zero-order valence-corrected chi connectivity index (χ0v) is 16.2. The summed E-state index contributed by atoms with van der Waals surface area (Å²) in [7, 11) is 0. The molecule has 0 atom stereocenters. The third kappa shape index (κ3) is 5.14. The molecule has 0 aliphatic heterocycles. The molecule has 1 heterocycles. The molecule has 0 spiro atoms. The molecule has 0 saturated heterocycles. The number of para-hydroxylation sites is 2. The van der Waals surface area contributed by atoms with Crippen molar-refractivity contribution in [1.82, 2.24) is 10.3 Å². The SMILES string of the molecule is Cc1ccc(-c2nc(CCNC(=O)CNc3ccccc3[N+](=O)[O-])cs2)cc1. The Labute approximate surface area is 166 Å². The zero-order valence-electron chi connectivity index (χ0n) is 15.3. The Morgan fingerprint density at radius 1 is 1.18 bits per heavy atom. The molecule has 3 rings (SSSR count). The van der Waals surface area contributed by atoms with Gasteiger partial charge in [0.2, 0.25) is 5.91 Å². The van der Waals surface area contributed by atoms with E-state index in [4.69, 9.17) is 0 Å². The molecule has 0 aliphatic carbocycles. The summed E-state index contributed by atoms with van der Waals surface area (Å²) in [6.07, 6.45) is 0.625. The highest BCUT2D eigenvalue weighted by Gasteiger charge is 2.13. The number of anilines is 1. The molecule has 2 aromatic carbocycles. The molecular weight excluding hydrogens is 376 g/mol. The minimum absolute atomic E-state index is 0.0312. The maximum Gasteiger partial charge on any atom is 0.292 e. The predicted octanol–water partition coefficient (Wildman–Crippen LogP) is 3.80. The lowest BCUT2D eigenvalue weighted by Crippen LogP contribution is -2.31. The smallest absolute Gasteiger partial charge is 0.292 e. The van der Waals surface area contributed by atoms with E-state index in [0.717, 1.165) is 16.3 Å². The second-order valence-electron chi connectivity index (χ2n) is 6.24. The van der Waals surface area contributed by atoms with E-state index < -0.39 is 4.92 Å². The number of rotatable bonds is 8. The van der Waals surface area contributed by atoms with Crippen LogP contribution in [0.25, 0.3) is 10.6 Å². The Morgan fingerprint density at radius 3 is 2.68 bits per heavy atom. The Hall–Kier alpha value is -3.26. The van der Waals surface area contributed by atoms with Crippen LogP contribution in [0.4, 0.5) is 11.4 Å². The number of nitrogens with one attached hydrogen (secondary N) is 2. The molecule has 3 aromatic rings. The molecule has 0 unspecified atom stereocenters. The first-order chi connectivity index (χ1) is 13.5. The lowest BCUT2D eigenvalue weighted by Gasteiger charge is -2.07. The van der Waals surface area contributed by atoms with Crippen LogP contribution in [0.5, 0.6) is 0 Å². The van der Waals surface area contributed by atoms with Gasteiger partial charge in [-0.3, -0.25) is 14.9 Å². The first kappa shape index (κ1) is 19.5. The number of amides is 1. The average Bonchev–Trinajstić information content (AvgIpc) is 3.16. The van der Waals surface area contributed by atoms with E-state index >= 15 is 0 Å². The van der Waals surface area contributed by atoms with Gasteiger partial charge in [-0.2, -0.15) is 0 Å². The lowest BCUT2D eigenvalue weighted by molar-refractivity contribution is -0.383. The maximum absolute atomic E-state index is 12.0. The van der Waals surface area contributed by atoms with Crippen molar-refractivity contribution in [3.05, 3.63) is 75.3 Å². The molecule has 28 heavy (non-hydrogen) atoms. The summed E-state index contributed by atoms with van der Waals surface area (Å²) < 4.78 is 0. The molecule has 0 bridgehead atoms. The number of hydrogen-bond acceptors (Lipinski definition) is 6. The molecule has 0 fully saturated rings. The number of thiazole rings is 1. The van der Waals surface area contributed by atoms with Gasteiger partial charge in [0.1, 0.15) is 10.7 Å². The van der Waals surface area contributed by atoms with Crippen molar-refractivity contribution in [2.24, 2.45) is 0 Å². The third-order valence-electron chi connectivity index (χ3n) is 4.09. The number of nitro groups is 1. The number of carbonyl (C=O) groups is 1. The topological polar surface area (TPSA) is 97.2 Å². The van der Waals surface area contributed by atoms with E-state index in [2.05, 4.69) is 27.8 Å². The fraction of sp³-hybridized carbons (Fsp3) is 0.200. The van der Waals surface area contributed by atoms with Gasteiger partial charge in [0, 0.05) is 30.0 Å². The molecule has 8 heteroatoms. The third-order valence-corrected chi connectivity index (χ3v) is 5.03. The average molecular weight is 396 g/mol. The van der Waals surface area contributed by atoms with Crippen LogP contribution in [-0.4, -0.2) is 28.9 Å². The van der Waals surface area contributed by atoms with Crippen molar-refractivity contribution >= 4 is 28.6 Å². The van der Waals surface area contributed by atoms with Gasteiger partial charge >= 0.3 is 0 Å². The molecule has 2 N–H and O–H groups in total. The van der Waals surface area contributed by atoms with Crippen molar-refractivity contribution in [1.29, 1.82) is 0 Å². The van der Waals surface area contributed by atoms with E-state index in [0.29, 0.717) is 18.7 Å². The van der Waals surface area contributed by atoms with E-state index in [1.165, 1.54) is 11.6 Å². The van der Waals surface area contributed by atoms with Crippen LogP contribution < -0.4 is 10.6 Å². The minimum Gasteiger partial charge on any atom is -0.371 e. The molecule has 1 amide bonds. The molecule has 0 aliphatic rings. The highest BCUT2D eigenvalue weighted by Crippen LogP contribution is 2.24. The van der Waals surface area contributed by atoms with Gasteiger partial charge in [-0.05, 0) is 13.0 Å². The van der Waals surface area contributed by atoms with Crippen molar-refractivity contribution in [2.75, 3.05) is 18.4 Å². The largest absolute Gasteiger partial charge is 0.371 e. The molecule has 7 nitrogen and oxygen atoms in total. The Balaban J connectivity index is 1.46. The van der Waals surface area contributed by atoms with Crippen molar-refractivity contribution in [2.45, 2.75) is 13.3 Å². The fourth-order valence-corrected chi connectivity index (χ4v) is 3.46. The monoisotopic (exact) mass is 396 g/mol. The number of carbonyl (C=O) groups excluding carboxylic acids is 1. The second kappa shape index (κ2) is 9.09. The van der Waals surface area contributed by atoms with Gasteiger partial charge < -0.3 is 10.6 Å². The summed E-state index contributed by atoms with van der Waals surface area (Å²) in [6, 6.07) is 14.5. The van der Waals surface area contributed by atoms with Crippen LogP contribution in [0.3, 0.4) is 0 Å². The molecular formula is C20H20N4O3S. The summed E-state index contributed by atoms with van der Waals surface area (Å²) in [4.78, 5) is 27.1. The zero-order chi connectivity index (χ0) is 19.9. The van der Waals surface area contributed by atoms with E-state index in [-0.39, 0.29) is 18.1 Å². The minimum atomic E-state index is -0.478. The van der Waals surface area contributed by atoms with Gasteiger partial charge in [-0.25, -0.2) is 4.98 Å². The molecule has 0 saturated carbocycles. The molecule has 1 aromatic heterocycles. The van der Waals surface area contributed by atoms with E-state index in [9.17, 15) is 14.9 Å². The number of nitrogens with zero attached hydrogens (tertiary/aromatic N) is 2. The number of benzene rings is 2. The lowest BCUT2D eigenvalue weighted by atomic mass is 10.2. The Kier molecular flexibility index (Phi) is 6.33. The summed E-state index contributed by atoms with van der Waals surface area (Å²) >= 11 is 1.58. The van der Waals surface area contributed by atoms with E-state index in [1.54, 1.807) is 29.5 Å². The van der Waals surface area contributed by atoms with Crippen molar-refractivity contribution < 1.29 is 9.72 Å². The summed E-state index contributed by atoms with van der Waals surface area (Å²) in [5.41, 5.74) is 3.48. The van der Waals surface area contributed by atoms with Gasteiger partial charge in [0.05, 0.1) is 17.2 Å². The fourth-order valence-electron chi connectivity index (χ4n) is 2.60.